The fourth-order valence-electron chi connectivity index (χ4n) is 2.62. The number of ether oxygens (including phenoxy) is 1. The predicted octanol–water partition coefficient (Wildman–Crippen LogP) is 3.46. The molecular weight excluding hydrogens is 409 g/mol. The van der Waals surface area contributed by atoms with Crippen LogP contribution in [-0.2, 0) is 13.1 Å². The van der Waals surface area contributed by atoms with E-state index in [1.54, 1.807) is 30.9 Å². The Morgan fingerprint density at radius 3 is 2.48 bits per heavy atom. The molecule has 2 N–H and O–H groups in total. The van der Waals surface area contributed by atoms with Crippen LogP contribution in [0.4, 0.5) is 13.2 Å². The lowest BCUT2D eigenvalue weighted by molar-refractivity contribution is -0.153. The summed E-state index contributed by atoms with van der Waals surface area (Å²) in [6, 6.07) is 10.3. The molecule has 0 fully saturated rings. The van der Waals surface area contributed by atoms with Crippen LogP contribution in [0, 0.1) is 0 Å². The summed E-state index contributed by atoms with van der Waals surface area (Å²) >= 11 is 0. The van der Waals surface area contributed by atoms with Crippen molar-refractivity contribution in [3.8, 4) is 11.6 Å². The smallest absolute Gasteiger partial charge is 0.422 e. The number of pyridine rings is 1. The lowest BCUT2D eigenvalue weighted by atomic mass is 10.2. The lowest BCUT2D eigenvalue weighted by Crippen LogP contribution is -2.36. The van der Waals surface area contributed by atoms with Crippen molar-refractivity contribution in [3.63, 3.8) is 0 Å². The number of alkyl halides is 3. The molecule has 0 amide bonds. The molecule has 0 aliphatic carbocycles. The first-order valence-corrected chi connectivity index (χ1v) is 9.67. The molecule has 10 heteroatoms. The monoisotopic (exact) mass is 432 g/mol. The molecule has 0 aliphatic rings. The summed E-state index contributed by atoms with van der Waals surface area (Å²) in [6.07, 6.45) is 2.61. The van der Waals surface area contributed by atoms with Crippen molar-refractivity contribution in [2.75, 3.05) is 13.2 Å². The van der Waals surface area contributed by atoms with E-state index < -0.39 is 12.8 Å². The minimum atomic E-state index is -4.35. The van der Waals surface area contributed by atoms with E-state index in [1.807, 2.05) is 29.8 Å². The van der Waals surface area contributed by atoms with Gasteiger partial charge in [0.2, 0.25) is 0 Å². The summed E-state index contributed by atoms with van der Waals surface area (Å²) in [6.45, 7) is 2.25. The highest BCUT2D eigenvalue weighted by Gasteiger charge is 2.28. The molecule has 31 heavy (non-hydrogen) atoms. The molecule has 0 spiro atoms. The van der Waals surface area contributed by atoms with Crippen LogP contribution in [0.2, 0.25) is 0 Å². The van der Waals surface area contributed by atoms with Crippen LogP contribution in [0.1, 0.15) is 18.1 Å². The number of rotatable bonds is 8. The molecule has 1 aromatic carbocycles. The maximum atomic E-state index is 12.2. The number of guanidine groups is 1. The summed E-state index contributed by atoms with van der Waals surface area (Å²) in [7, 11) is 0. The van der Waals surface area contributed by atoms with Crippen LogP contribution in [0.25, 0.3) is 5.82 Å². The van der Waals surface area contributed by atoms with E-state index in [9.17, 15) is 13.2 Å². The maximum absolute atomic E-state index is 12.2. The van der Waals surface area contributed by atoms with Gasteiger partial charge in [0.15, 0.2) is 12.6 Å². The number of hydrogen-bond acceptors (Lipinski definition) is 4. The fraction of sp³-hybridized carbons (Fsp3) is 0.286. The van der Waals surface area contributed by atoms with Crippen molar-refractivity contribution >= 4 is 5.96 Å². The molecule has 0 unspecified atom stereocenters. The molecule has 164 valence electrons. The van der Waals surface area contributed by atoms with Crippen molar-refractivity contribution in [2.24, 2.45) is 4.99 Å². The summed E-state index contributed by atoms with van der Waals surface area (Å²) in [5.74, 6) is 1.57. The van der Waals surface area contributed by atoms with Crippen molar-refractivity contribution in [3.05, 3.63) is 72.4 Å². The molecule has 3 aromatic rings. The van der Waals surface area contributed by atoms with Gasteiger partial charge in [0.1, 0.15) is 17.9 Å². The zero-order valence-electron chi connectivity index (χ0n) is 16.9. The van der Waals surface area contributed by atoms with Gasteiger partial charge in [-0.3, -0.25) is 4.57 Å². The Kier molecular flexibility index (Phi) is 7.47. The van der Waals surface area contributed by atoms with Crippen LogP contribution < -0.4 is 15.4 Å². The highest BCUT2D eigenvalue weighted by atomic mass is 19.4. The van der Waals surface area contributed by atoms with Gasteiger partial charge in [0.05, 0.1) is 6.54 Å². The van der Waals surface area contributed by atoms with Crippen LogP contribution in [0.3, 0.4) is 0 Å². The molecule has 0 bridgehead atoms. The number of hydrogen-bond donors (Lipinski definition) is 2. The minimum absolute atomic E-state index is 0.174. The topological polar surface area (TPSA) is 76.4 Å². The fourth-order valence-corrected chi connectivity index (χ4v) is 2.62. The largest absolute Gasteiger partial charge is 0.484 e. The molecule has 2 aromatic heterocycles. The van der Waals surface area contributed by atoms with Crippen molar-refractivity contribution in [1.82, 2.24) is 25.2 Å². The van der Waals surface area contributed by atoms with Gasteiger partial charge in [0, 0.05) is 31.7 Å². The van der Waals surface area contributed by atoms with E-state index in [2.05, 4.69) is 25.6 Å². The van der Waals surface area contributed by atoms with Crippen LogP contribution >= 0.6 is 0 Å². The van der Waals surface area contributed by atoms with Gasteiger partial charge in [-0.05, 0) is 36.2 Å². The SMILES string of the molecule is CCNC(=NCc1ccc(-n2ccnc2)nc1)NCc1ccc(OCC(F)(F)F)cc1. The second kappa shape index (κ2) is 10.5. The Labute approximate surface area is 178 Å². The normalized spacial score (nSPS) is 11.9. The van der Waals surface area contributed by atoms with Gasteiger partial charge in [-0.2, -0.15) is 13.2 Å². The van der Waals surface area contributed by atoms with E-state index in [0.29, 0.717) is 25.6 Å². The summed E-state index contributed by atoms with van der Waals surface area (Å²) in [5.41, 5.74) is 1.84. The third-order valence-corrected chi connectivity index (χ3v) is 4.13. The zero-order valence-corrected chi connectivity index (χ0v) is 16.9. The quantitative estimate of drug-likeness (QED) is 0.421. The number of nitrogens with zero attached hydrogens (tertiary/aromatic N) is 4. The predicted molar refractivity (Wildman–Crippen MR) is 111 cm³/mol. The van der Waals surface area contributed by atoms with Crippen LogP contribution in [0.15, 0.2) is 66.3 Å². The molecule has 7 nitrogen and oxygen atoms in total. The molecule has 0 radical (unpaired) electrons. The van der Waals surface area contributed by atoms with Crippen LogP contribution in [0.5, 0.6) is 5.75 Å². The highest BCUT2D eigenvalue weighted by molar-refractivity contribution is 5.79. The summed E-state index contributed by atoms with van der Waals surface area (Å²) < 4.78 is 43.2. The zero-order chi connectivity index (χ0) is 22.1. The molecule has 2 heterocycles. The van der Waals surface area contributed by atoms with E-state index in [-0.39, 0.29) is 5.75 Å². The molecule has 0 atom stereocenters. The van der Waals surface area contributed by atoms with Crippen molar-refractivity contribution in [1.29, 1.82) is 0 Å². The van der Waals surface area contributed by atoms with Crippen LogP contribution in [-0.4, -0.2) is 39.8 Å². The van der Waals surface area contributed by atoms with Gasteiger partial charge in [-0.1, -0.05) is 18.2 Å². The van der Waals surface area contributed by atoms with Gasteiger partial charge in [-0.25, -0.2) is 15.0 Å². The number of aliphatic imine (C=N–C) groups is 1. The van der Waals surface area contributed by atoms with Gasteiger partial charge >= 0.3 is 6.18 Å². The van der Waals surface area contributed by atoms with Gasteiger partial charge in [0.25, 0.3) is 0 Å². The van der Waals surface area contributed by atoms with E-state index >= 15 is 0 Å². The Hall–Kier alpha value is -3.56. The lowest BCUT2D eigenvalue weighted by Gasteiger charge is -2.12. The van der Waals surface area contributed by atoms with E-state index in [0.717, 1.165) is 16.9 Å². The van der Waals surface area contributed by atoms with Gasteiger partial charge in [-0.15, -0.1) is 0 Å². The number of aromatic nitrogens is 3. The highest BCUT2D eigenvalue weighted by Crippen LogP contribution is 2.18. The Morgan fingerprint density at radius 2 is 1.87 bits per heavy atom. The first kappa shape index (κ1) is 22.1. The molecule has 0 saturated heterocycles. The molecule has 0 aliphatic heterocycles. The van der Waals surface area contributed by atoms with E-state index in [4.69, 9.17) is 4.74 Å². The number of nitrogens with one attached hydrogen (secondary N) is 2. The Morgan fingerprint density at radius 1 is 1.10 bits per heavy atom. The maximum Gasteiger partial charge on any atom is 0.422 e. The number of halogens is 3. The third kappa shape index (κ3) is 7.32. The first-order valence-electron chi connectivity index (χ1n) is 9.67. The Balaban J connectivity index is 1.53. The first-order chi connectivity index (χ1) is 14.9. The average Bonchev–Trinajstić information content (AvgIpc) is 3.30. The Bertz CT molecular complexity index is 954. The van der Waals surface area contributed by atoms with Crippen molar-refractivity contribution in [2.45, 2.75) is 26.2 Å². The van der Waals surface area contributed by atoms with E-state index in [1.165, 1.54) is 12.1 Å². The number of imidazole rings is 1. The summed E-state index contributed by atoms with van der Waals surface area (Å²) in [5, 5.41) is 6.36. The molecular formula is C21H23F3N6O. The second-order valence-electron chi connectivity index (χ2n) is 6.59. The standard InChI is InChI=1S/C21H23F3N6O/c1-2-26-20(28-11-16-3-6-18(7-4-16)31-14-21(22,23)24)29-13-17-5-8-19(27-12-17)30-10-9-25-15-30/h3-10,12,15H,2,11,13-14H2,1H3,(H2,26,28,29). The molecule has 0 saturated carbocycles. The van der Waals surface area contributed by atoms with Gasteiger partial charge < -0.3 is 15.4 Å². The average molecular weight is 432 g/mol. The third-order valence-electron chi connectivity index (χ3n) is 4.13. The summed E-state index contributed by atoms with van der Waals surface area (Å²) in [4.78, 5) is 13.0. The second-order valence-corrected chi connectivity index (χ2v) is 6.59. The number of benzene rings is 1. The van der Waals surface area contributed by atoms with Crippen molar-refractivity contribution < 1.29 is 17.9 Å². The minimum Gasteiger partial charge on any atom is -0.484 e. The molecule has 3 rings (SSSR count).